The Labute approximate surface area is 186 Å². The van der Waals surface area contributed by atoms with Crippen LogP contribution in [0.3, 0.4) is 0 Å². The summed E-state index contributed by atoms with van der Waals surface area (Å²) in [6, 6.07) is 8.20. The second-order valence-electron chi connectivity index (χ2n) is 7.44. The molecule has 176 valence electrons. The molecule has 1 aliphatic heterocycles. The normalized spacial score (nSPS) is 25.2. The largest absolute Gasteiger partial charge is 0.508 e. The molecule has 5 atom stereocenters. The van der Waals surface area contributed by atoms with Crippen molar-refractivity contribution >= 4 is 11.0 Å². The number of ether oxygens (including phenoxy) is 3. The lowest BCUT2D eigenvalue weighted by Gasteiger charge is -2.39. The first-order valence-electron chi connectivity index (χ1n) is 9.90. The number of benzene rings is 2. The maximum atomic E-state index is 13.4. The fraction of sp³-hybridized carbons (Fsp3) is 0.318. The van der Waals surface area contributed by atoms with Crippen LogP contribution in [0.15, 0.2) is 45.6 Å². The predicted octanol–water partition coefficient (Wildman–Crippen LogP) is 0.0585. The van der Waals surface area contributed by atoms with Crippen LogP contribution in [0.1, 0.15) is 0 Å². The second-order valence-corrected chi connectivity index (χ2v) is 7.44. The monoisotopic (exact) mass is 462 g/mol. The minimum Gasteiger partial charge on any atom is -0.508 e. The highest BCUT2D eigenvalue weighted by atomic mass is 16.7. The van der Waals surface area contributed by atoms with Crippen LogP contribution in [-0.4, -0.2) is 75.1 Å². The van der Waals surface area contributed by atoms with Crippen molar-refractivity contribution in [3.8, 4) is 34.3 Å². The Kier molecular flexibility index (Phi) is 6.15. The van der Waals surface area contributed by atoms with Crippen molar-refractivity contribution in [3.05, 3.63) is 46.6 Å². The van der Waals surface area contributed by atoms with Gasteiger partial charge < -0.3 is 49.3 Å². The highest BCUT2D eigenvalue weighted by Gasteiger charge is 2.45. The highest BCUT2D eigenvalue weighted by Crippen LogP contribution is 2.39. The zero-order valence-electron chi connectivity index (χ0n) is 17.3. The number of phenols is 2. The zero-order chi connectivity index (χ0) is 23.9. The molecule has 1 saturated heterocycles. The van der Waals surface area contributed by atoms with Crippen molar-refractivity contribution in [2.75, 3.05) is 13.7 Å². The lowest BCUT2D eigenvalue weighted by Crippen LogP contribution is -2.60. The van der Waals surface area contributed by atoms with Gasteiger partial charge in [0.2, 0.25) is 17.5 Å². The number of aliphatic hydroxyl groups excluding tert-OH is 4. The molecule has 0 saturated carbocycles. The summed E-state index contributed by atoms with van der Waals surface area (Å²) in [5, 5.41) is 59.5. The summed E-state index contributed by atoms with van der Waals surface area (Å²) < 4.78 is 22.1. The van der Waals surface area contributed by atoms with E-state index in [-0.39, 0.29) is 33.8 Å². The van der Waals surface area contributed by atoms with Gasteiger partial charge in [-0.1, -0.05) is 0 Å². The highest BCUT2D eigenvalue weighted by molar-refractivity contribution is 5.91. The summed E-state index contributed by atoms with van der Waals surface area (Å²) in [7, 11) is 1.35. The molecule has 0 unspecified atom stereocenters. The van der Waals surface area contributed by atoms with E-state index < -0.39 is 54.2 Å². The first-order chi connectivity index (χ1) is 15.8. The number of hydrogen-bond acceptors (Lipinski definition) is 11. The fourth-order valence-electron chi connectivity index (χ4n) is 3.59. The van der Waals surface area contributed by atoms with E-state index in [1.165, 1.54) is 43.5 Å². The molecule has 0 bridgehead atoms. The molecule has 4 rings (SSSR count). The van der Waals surface area contributed by atoms with Gasteiger partial charge in [-0.2, -0.15) is 0 Å². The number of hydrogen-bond donors (Lipinski definition) is 6. The molecular weight excluding hydrogens is 440 g/mol. The van der Waals surface area contributed by atoms with E-state index in [1.807, 2.05) is 0 Å². The number of methoxy groups -OCH3 is 1. The topological polar surface area (TPSA) is 179 Å². The fourth-order valence-corrected chi connectivity index (χ4v) is 3.59. The lowest BCUT2D eigenvalue weighted by atomic mass is 9.99. The SMILES string of the molecule is COc1ccc(O)c2c(=O)c(O[C@H]3O[C@@H](CO)[C@H](O)[C@H](O)[C@@H]3O)c(-c3ccc(O)cc3)oc12. The third-order valence-electron chi connectivity index (χ3n) is 5.38. The van der Waals surface area contributed by atoms with Gasteiger partial charge in [-0.3, -0.25) is 4.79 Å². The van der Waals surface area contributed by atoms with Crippen LogP contribution in [-0.2, 0) is 4.74 Å². The summed E-state index contributed by atoms with van der Waals surface area (Å²) in [6.07, 6.45) is -8.10. The van der Waals surface area contributed by atoms with Crippen LogP contribution < -0.4 is 14.9 Å². The Bertz CT molecular complexity index is 1200. The Morgan fingerprint density at radius 2 is 1.67 bits per heavy atom. The molecule has 0 spiro atoms. The summed E-state index contributed by atoms with van der Waals surface area (Å²) in [5.74, 6) is -0.947. The van der Waals surface area contributed by atoms with Crippen LogP contribution in [0.2, 0.25) is 0 Å². The molecule has 0 aliphatic carbocycles. The summed E-state index contributed by atoms with van der Waals surface area (Å²) in [4.78, 5) is 13.4. The van der Waals surface area contributed by atoms with Crippen molar-refractivity contribution in [2.45, 2.75) is 30.7 Å². The number of aliphatic hydroxyl groups is 4. The average molecular weight is 462 g/mol. The van der Waals surface area contributed by atoms with Crippen LogP contribution in [0, 0.1) is 0 Å². The summed E-state index contributed by atoms with van der Waals surface area (Å²) >= 11 is 0. The first-order valence-corrected chi connectivity index (χ1v) is 9.90. The van der Waals surface area contributed by atoms with Crippen molar-refractivity contribution in [3.63, 3.8) is 0 Å². The molecule has 2 heterocycles. The van der Waals surface area contributed by atoms with Crippen LogP contribution in [0.4, 0.5) is 0 Å². The standard InChI is InChI=1S/C22H22O11/c1-30-12-7-6-11(25)14-16(27)21(19(32-20(12)14)9-2-4-10(24)5-3-9)33-22-18(29)17(28)15(26)13(8-23)31-22/h2-7,13,15,17-18,22-26,28-29H,8H2,1H3/t13-,15-,17-,18-,22+/m0/s1. The predicted molar refractivity (Wildman–Crippen MR) is 112 cm³/mol. The van der Waals surface area contributed by atoms with Gasteiger partial charge in [0.15, 0.2) is 17.1 Å². The van der Waals surface area contributed by atoms with E-state index in [9.17, 15) is 35.4 Å². The minimum atomic E-state index is -1.79. The molecule has 3 aromatic rings. The molecule has 1 aromatic heterocycles. The molecule has 33 heavy (non-hydrogen) atoms. The van der Waals surface area contributed by atoms with E-state index in [0.717, 1.165) is 0 Å². The molecule has 6 N–H and O–H groups in total. The average Bonchev–Trinajstić information content (AvgIpc) is 2.81. The van der Waals surface area contributed by atoms with Crippen molar-refractivity contribution < 1.29 is 49.3 Å². The number of aromatic hydroxyl groups is 2. The maximum Gasteiger partial charge on any atom is 0.239 e. The Balaban J connectivity index is 1.91. The van der Waals surface area contributed by atoms with Crippen molar-refractivity contribution in [1.82, 2.24) is 0 Å². The number of fused-ring (bicyclic) bond motifs is 1. The van der Waals surface area contributed by atoms with E-state index in [2.05, 4.69) is 0 Å². The van der Waals surface area contributed by atoms with Crippen LogP contribution in [0.25, 0.3) is 22.3 Å². The number of phenolic OH excluding ortho intramolecular Hbond substituents is 2. The second kappa shape index (κ2) is 8.89. The van der Waals surface area contributed by atoms with Gasteiger partial charge >= 0.3 is 0 Å². The molecular formula is C22H22O11. The minimum absolute atomic E-state index is 0.0477. The molecule has 0 amide bonds. The van der Waals surface area contributed by atoms with E-state index in [1.54, 1.807) is 0 Å². The van der Waals surface area contributed by atoms with E-state index in [0.29, 0.717) is 0 Å². The van der Waals surface area contributed by atoms with Gasteiger partial charge in [-0.05, 0) is 36.4 Å². The van der Waals surface area contributed by atoms with Gasteiger partial charge in [-0.25, -0.2) is 0 Å². The van der Waals surface area contributed by atoms with E-state index >= 15 is 0 Å². The molecule has 0 radical (unpaired) electrons. The molecule has 1 aliphatic rings. The van der Waals surface area contributed by atoms with Crippen molar-refractivity contribution in [2.24, 2.45) is 0 Å². The van der Waals surface area contributed by atoms with Gasteiger partial charge in [0.1, 0.15) is 41.3 Å². The Hall–Kier alpha value is -3.35. The van der Waals surface area contributed by atoms with E-state index in [4.69, 9.17) is 18.6 Å². The smallest absolute Gasteiger partial charge is 0.239 e. The third-order valence-corrected chi connectivity index (χ3v) is 5.38. The number of rotatable bonds is 5. The molecule has 1 fully saturated rings. The Morgan fingerprint density at radius 1 is 0.970 bits per heavy atom. The zero-order valence-corrected chi connectivity index (χ0v) is 17.3. The van der Waals surface area contributed by atoms with Crippen LogP contribution in [0.5, 0.6) is 23.0 Å². The first kappa shape index (κ1) is 22.8. The molecule has 11 heteroatoms. The van der Waals surface area contributed by atoms with Crippen LogP contribution >= 0.6 is 0 Å². The summed E-state index contributed by atoms with van der Waals surface area (Å²) in [6.45, 7) is -0.695. The maximum absolute atomic E-state index is 13.4. The van der Waals surface area contributed by atoms with Gasteiger partial charge in [0.05, 0.1) is 13.7 Å². The van der Waals surface area contributed by atoms with Crippen molar-refractivity contribution in [1.29, 1.82) is 0 Å². The quantitative estimate of drug-likeness (QED) is 0.302. The Morgan fingerprint density at radius 3 is 2.30 bits per heavy atom. The van der Waals surface area contributed by atoms with Gasteiger partial charge in [-0.15, -0.1) is 0 Å². The van der Waals surface area contributed by atoms with Gasteiger partial charge in [0.25, 0.3) is 0 Å². The third kappa shape index (κ3) is 3.96. The lowest BCUT2D eigenvalue weighted by molar-refractivity contribution is -0.277. The van der Waals surface area contributed by atoms with Gasteiger partial charge in [0, 0.05) is 5.56 Å². The summed E-state index contributed by atoms with van der Waals surface area (Å²) in [5.41, 5.74) is -0.629. The molecule has 11 nitrogen and oxygen atoms in total. The molecule has 2 aromatic carbocycles.